The first kappa shape index (κ1) is 16.2. The van der Waals surface area contributed by atoms with Crippen molar-refractivity contribution in [2.24, 2.45) is 0 Å². The Morgan fingerprint density at radius 2 is 1.14 bits per heavy atom. The van der Waals surface area contributed by atoms with Crippen LogP contribution in [-0.2, 0) is 19.1 Å². The number of carboxylic acid groups (broad SMARTS) is 2. The highest BCUT2D eigenvalue weighted by atomic mass is 16.6. The topological polar surface area (TPSA) is 134 Å². The van der Waals surface area contributed by atoms with E-state index in [1.807, 2.05) is 0 Å². The first-order valence-corrected chi connectivity index (χ1v) is 6.54. The summed E-state index contributed by atoms with van der Waals surface area (Å²) < 4.78 is 10.9. The number of ether oxygens (including phenoxy) is 2. The molecule has 0 bridgehead atoms. The number of imide groups is 2. The molecule has 10 heteroatoms. The largest absolute Gasteiger partial charge is 0.465 e. The molecular formula is C12H16N2O8. The maximum Gasteiger partial charge on any atom is 0.414 e. The van der Waals surface area contributed by atoms with Crippen LogP contribution in [0.3, 0.4) is 0 Å². The molecule has 0 aromatic rings. The third kappa shape index (κ3) is 2.62. The molecule has 2 saturated heterocycles. The van der Waals surface area contributed by atoms with Gasteiger partial charge in [0, 0.05) is 13.8 Å². The summed E-state index contributed by atoms with van der Waals surface area (Å²) >= 11 is 0. The van der Waals surface area contributed by atoms with Crippen LogP contribution >= 0.6 is 0 Å². The summed E-state index contributed by atoms with van der Waals surface area (Å²) in [5, 5.41) is 18.2. The van der Waals surface area contributed by atoms with Gasteiger partial charge in [0.05, 0.1) is 25.3 Å². The molecule has 0 saturated carbocycles. The van der Waals surface area contributed by atoms with Crippen LogP contribution in [0.15, 0.2) is 0 Å². The van der Waals surface area contributed by atoms with Gasteiger partial charge in [0.15, 0.2) is 0 Å². The number of rotatable bonds is 2. The van der Waals surface area contributed by atoms with Gasteiger partial charge in [-0.2, -0.15) is 0 Å². The summed E-state index contributed by atoms with van der Waals surface area (Å²) in [6, 6.07) is -1.74. The van der Waals surface area contributed by atoms with Crippen molar-refractivity contribution in [1.82, 2.24) is 9.80 Å². The van der Waals surface area contributed by atoms with Crippen molar-refractivity contribution in [1.29, 1.82) is 0 Å². The number of amides is 4. The van der Waals surface area contributed by atoms with E-state index in [-0.39, 0.29) is 13.2 Å². The van der Waals surface area contributed by atoms with Crippen molar-refractivity contribution >= 4 is 24.0 Å². The van der Waals surface area contributed by atoms with Crippen molar-refractivity contribution in [3.8, 4) is 0 Å². The van der Waals surface area contributed by atoms with E-state index in [1.54, 1.807) is 0 Å². The smallest absolute Gasteiger partial charge is 0.414 e. The molecule has 0 spiro atoms. The molecule has 122 valence electrons. The highest BCUT2D eigenvalue weighted by Crippen LogP contribution is 2.33. The van der Waals surface area contributed by atoms with Gasteiger partial charge < -0.3 is 19.7 Å². The predicted molar refractivity (Wildman–Crippen MR) is 68.1 cm³/mol. The van der Waals surface area contributed by atoms with Gasteiger partial charge in [0.2, 0.25) is 11.8 Å². The fourth-order valence-electron chi connectivity index (χ4n) is 2.92. The molecule has 2 fully saturated rings. The zero-order valence-corrected chi connectivity index (χ0v) is 12.0. The molecule has 0 radical (unpaired) electrons. The molecule has 2 aliphatic rings. The zero-order chi connectivity index (χ0) is 16.6. The molecule has 10 nitrogen and oxygen atoms in total. The fraction of sp³-hybridized carbons (Fsp3) is 0.667. The van der Waals surface area contributed by atoms with Gasteiger partial charge in [-0.05, 0) is 0 Å². The molecule has 0 aromatic carbocycles. The lowest BCUT2D eigenvalue weighted by Crippen LogP contribution is -2.51. The van der Waals surface area contributed by atoms with Gasteiger partial charge in [-0.25, -0.2) is 19.4 Å². The van der Waals surface area contributed by atoms with Crippen LogP contribution < -0.4 is 0 Å². The summed E-state index contributed by atoms with van der Waals surface area (Å²) in [4.78, 5) is 46.5. The number of fused-ring (bicyclic) bond motifs is 1. The lowest BCUT2D eigenvalue weighted by Gasteiger charge is -2.26. The monoisotopic (exact) mass is 316 g/mol. The second-order valence-electron chi connectivity index (χ2n) is 5.07. The van der Waals surface area contributed by atoms with E-state index < -0.39 is 48.3 Å². The highest BCUT2D eigenvalue weighted by molar-refractivity contribution is 5.91. The molecule has 22 heavy (non-hydrogen) atoms. The minimum atomic E-state index is -1.43. The van der Waals surface area contributed by atoms with Crippen LogP contribution in [0.25, 0.3) is 0 Å². The molecular weight excluding hydrogens is 300 g/mol. The zero-order valence-electron chi connectivity index (χ0n) is 12.0. The van der Waals surface area contributed by atoms with Crippen LogP contribution in [0.5, 0.6) is 0 Å². The fourth-order valence-corrected chi connectivity index (χ4v) is 2.92. The summed E-state index contributed by atoms with van der Waals surface area (Å²) in [6.07, 6.45) is -4.47. The molecule has 2 heterocycles. The molecule has 2 aliphatic heterocycles. The van der Waals surface area contributed by atoms with Crippen LogP contribution in [0.2, 0.25) is 0 Å². The molecule has 0 aliphatic carbocycles. The van der Waals surface area contributed by atoms with E-state index in [2.05, 4.69) is 0 Å². The predicted octanol–water partition coefficient (Wildman–Crippen LogP) is -0.426. The Morgan fingerprint density at radius 3 is 1.36 bits per heavy atom. The van der Waals surface area contributed by atoms with E-state index >= 15 is 0 Å². The maximum atomic E-state index is 11.5. The van der Waals surface area contributed by atoms with Gasteiger partial charge in [-0.1, -0.05) is 0 Å². The van der Waals surface area contributed by atoms with Gasteiger partial charge >= 0.3 is 12.2 Å². The van der Waals surface area contributed by atoms with Crippen molar-refractivity contribution < 1.29 is 38.9 Å². The Balaban J connectivity index is 2.21. The number of hydrogen-bond donors (Lipinski definition) is 2. The van der Waals surface area contributed by atoms with Crippen molar-refractivity contribution in [2.45, 2.75) is 38.1 Å². The first-order valence-electron chi connectivity index (χ1n) is 6.54. The van der Waals surface area contributed by atoms with Crippen LogP contribution in [0.1, 0.15) is 13.8 Å². The third-order valence-corrected chi connectivity index (χ3v) is 3.76. The second kappa shape index (κ2) is 5.89. The summed E-state index contributed by atoms with van der Waals surface area (Å²) in [7, 11) is 0. The Morgan fingerprint density at radius 1 is 0.818 bits per heavy atom. The van der Waals surface area contributed by atoms with Crippen molar-refractivity contribution in [3.63, 3.8) is 0 Å². The van der Waals surface area contributed by atoms with Gasteiger partial charge in [0.1, 0.15) is 12.2 Å². The Bertz CT molecular complexity index is 447. The minimum Gasteiger partial charge on any atom is -0.465 e. The molecule has 0 aromatic heterocycles. The van der Waals surface area contributed by atoms with E-state index in [0.29, 0.717) is 9.80 Å². The van der Waals surface area contributed by atoms with E-state index in [1.165, 1.54) is 0 Å². The Labute approximate surface area is 125 Å². The summed E-state index contributed by atoms with van der Waals surface area (Å²) in [6.45, 7) is 1.99. The highest BCUT2D eigenvalue weighted by Gasteiger charge is 2.54. The number of hydrogen-bond acceptors (Lipinski definition) is 6. The van der Waals surface area contributed by atoms with Crippen LogP contribution in [-0.4, -0.2) is 81.5 Å². The second-order valence-corrected chi connectivity index (χ2v) is 5.07. The molecule has 2 N–H and O–H groups in total. The number of nitrogens with zero attached hydrogens (tertiary/aromatic N) is 2. The normalized spacial score (nSPS) is 29.7. The van der Waals surface area contributed by atoms with Gasteiger partial charge in [0.25, 0.3) is 0 Å². The summed E-state index contributed by atoms with van der Waals surface area (Å²) in [5.74, 6) is -1.37. The van der Waals surface area contributed by atoms with Gasteiger partial charge in [-0.15, -0.1) is 0 Å². The van der Waals surface area contributed by atoms with E-state index in [4.69, 9.17) is 19.7 Å². The standard InChI is InChI=1S/C12H16N2O8/c1-5(15)13(11(17)18)7-3-21-10-8(4-22-9(7)10)14(6(2)16)12(19)20/h7-10H,3-4H2,1-2H3,(H,17,18)(H,19,20)/t7-,8+,9-,10-/m1/s1. The lowest BCUT2D eigenvalue weighted by molar-refractivity contribution is -0.130. The van der Waals surface area contributed by atoms with Crippen molar-refractivity contribution in [3.05, 3.63) is 0 Å². The van der Waals surface area contributed by atoms with Crippen molar-refractivity contribution in [2.75, 3.05) is 13.2 Å². The average Bonchev–Trinajstić information content (AvgIpc) is 2.92. The molecule has 0 unspecified atom stereocenters. The van der Waals surface area contributed by atoms with E-state index in [9.17, 15) is 19.2 Å². The maximum absolute atomic E-state index is 11.5. The Hall–Kier alpha value is -2.20. The average molecular weight is 316 g/mol. The van der Waals surface area contributed by atoms with Crippen LogP contribution in [0, 0.1) is 0 Å². The first-order chi connectivity index (χ1) is 10.3. The number of carbonyl (C=O) groups excluding carboxylic acids is 2. The number of carbonyl (C=O) groups is 4. The van der Waals surface area contributed by atoms with E-state index in [0.717, 1.165) is 13.8 Å². The molecule has 2 rings (SSSR count). The van der Waals surface area contributed by atoms with Crippen LogP contribution in [0.4, 0.5) is 9.59 Å². The summed E-state index contributed by atoms with van der Waals surface area (Å²) in [5.41, 5.74) is 0. The molecule has 4 atom stereocenters. The lowest BCUT2D eigenvalue weighted by atomic mass is 10.0. The Kier molecular flexibility index (Phi) is 4.33. The molecule has 4 amide bonds. The quantitative estimate of drug-likeness (QED) is 0.701. The SMILES string of the molecule is CC(=O)N(C(=O)O)[C@@H]1CO[C@H]2[C@@H]1OC[C@@H]2N(C(C)=O)C(=O)O. The third-order valence-electron chi connectivity index (χ3n) is 3.76. The van der Waals surface area contributed by atoms with Gasteiger partial charge in [-0.3, -0.25) is 9.59 Å². The minimum absolute atomic E-state index is 0.108.